The van der Waals surface area contributed by atoms with Gasteiger partial charge in [-0.1, -0.05) is 23.7 Å². The summed E-state index contributed by atoms with van der Waals surface area (Å²) in [5.41, 5.74) is 1.41. The molecule has 4 heteroatoms. The number of hydrogen-bond donors (Lipinski definition) is 0. The molecule has 3 aliphatic rings. The quantitative estimate of drug-likeness (QED) is 0.840. The Bertz CT molecular complexity index is 546. The Morgan fingerprint density at radius 3 is 2.91 bits per heavy atom. The third-order valence-corrected chi connectivity index (χ3v) is 6.05. The van der Waals surface area contributed by atoms with Crippen molar-refractivity contribution in [3.05, 3.63) is 34.9 Å². The van der Waals surface area contributed by atoms with E-state index in [1.807, 2.05) is 12.1 Å². The molecule has 3 nitrogen and oxygen atoms in total. The second-order valence-corrected chi connectivity index (χ2v) is 7.95. The smallest absolute Gasteiger partial charge is 0.0835 e. The van der Waals surface area contributed by atoms with E-state index in [0.717, 1.165) is 37.3 Å². The van der Waals surface area contributed by atoms with Gasteiger partial charge in [-0.3, -0.25) is 4.90 Å². The second-order valence-electron chi connectivity index (χ2n) is 7.51. The normalized spacial score (nSPS) is 32.8. The van der Waals surface area contributed by atoms with Crippen LogP contribution in [0.2, 0.25) is 5.02 Å². The summed E-state index contributed by atoms with van der Waals surface area (Å²) in [7, 11) is 0. The van der Waals surface area contributed by atoms with E-state index in [2.05, 4.69) is 21.9 Å². The zero-order valence-electron chi connectivity index (χ0n) is 13.8. The number of halogens is 1. The molecule has 0 radical (unpaired) electrons. The average Bonchev–Trinajstić information content (AvgIpc) is 3.18. The van der Waals surface area contributed by atoms with Crippen molar-refractivity contribution in [1.82, 2.24) is 9.80 Å². The maximum Gasteiger partial charge on any atom is 0.0835 e. The van der Waals surface area contributed by atoms with Crippen molar-refractivity contribution in [3.63, 3.8) is 0 Å². The molecule has 3 fully saturated rings. The molecule has 0 saturated carbocycles. The Morgan fingerprint density at radius 2 is 2.09 bits per heavy atom. The lowest BCUT2D eigenvalue weighted by molar-refractivity contribution is -0.0961. The molecule has 4 rings (SSSR count). The summed E-state index contributed by atoms with van der Waals surface area (Å²) in [5, 5.41) is 0.833. The van der Waals surface area contributed by atoms with Gasteiger partial charge in [0.15, 0.2) is 0 Å². The summed E-state index contributed by atoms with van der Waals surface area (Å²) in [4.78, 5) is 5.25. The molecule has 1 aromatic carbocycles. The van der Waals surface area contributed by atoms with Gasteiger partial charge in [0.1, 0.15) is 0 Å². The van der Waals surface area contributed by atoms with E-state index in [4.69, 9.17) is 16.3 Å². The fourth-order valence-corrected chi connectivity index (χ4v) is 4.87. The highest BCUT2D eigenvalue weighted by atomic mass is 35.5. The maximum absolute atomic E-state index is 6.31. The Balaban J connectivity index is 1.38. The van der Waals surface area contributed by atoms with Gasteiger partial charge in [-0.25, -0.2) is 0 Å². The summed E-state index contributed by atoms with van der Waals surface area (Å²) in [5.74, 6) is 0. The molecule has 0 amide bonds. The van der Waals surface area contributed by atoms with Crippen LogP contribution in [0.1, 0.15) is 37.7 Å². The first-order valence-electron chi connectivity index (χ1n) is 9.07. The van der Waals surface area contributed by atoms with Gasteiger partial charge < -0.3 is 9.64 Å². The molecule has 0 bridgehead atoms. The van der Waals surface area contributed by atoms with Crippen LogP contribution in [0, 0.1) is 0 Å². The van der Waals surface area contributed by atoms with E-state index >= 15 is 0 Å². The predicted octanol–water partition coefficient (Wildman–Crippen LogP) is 3.56. The molecule has 126 valence electrons. The van der Waals surface area contributed by atoms with Gasteiger partial charge in [0.25, 0.3) is 0 Å². The average molecular weight is 335 g/mol. The summed E-state index contributed by atoms with van der Waals surface area (Å²) in [6.45, 7) is 6.73. The molecule has 3 aliphatic heterocycles. The second kappa shape index (κ2) is 6.72. The van der Waals surface area contributed by atoms with Gasteiger partial charge in [0.05, 0.1) is 5.60 Å². The van der Waals surface area contributed by atoms with Crippen LogP contribution in [0.4, 0.5) is 0 Å². The standard InChI is InChI=1S/C19H27ClN2O/c20-17-5-3-4-16(12-17)14-21-10-7-19(15-21)13-18(6-11-23-19)22-8-1-2-9-22/h3-5,12,18H,1-2,6-11,13-15H2/t18-,19+/m0/s1. The van der Waals surface area contributed by atoms with E-state index in [9.17, 15) is 0 Å². The van der Waals surface area contributed by atoms with Gasteiger partial charge in [-0.05, 0) is 62.9 Å². The van der Waals surface area contributed by atoms with E-state index in [-0.39, 0.29) is 5.60 Å². The minimum absolute atomic E-state index is 0.101. The molecule has 0 N–H and O–H groups in total. The molecule has 2 atom stereocenters. The topological polar surface area (TPSA) is 15.7 Å². The van der Waals surface area contributed by atoms with E-state index < -0.39 is 0 Å². The van der Waals surface area contributed by atoms with Gasteiger partial charge in [-0.15, -0.1) is 0 Å². The fourth-order valence-electron chi connectivity index (χ4n) is 4.66. The molecular weight excluding hydrogens is 308 g/mol. The highest BCUT2D eigenvalue weighted by molar-refractivity contribution is 6.30. The molecule has 0 aliphatic carbocycles. The Hall–Kier alpha value is -0.610. The SMILES string of the molecule is Clc1cccc(CN2CC[C@@]3(C[C@@H](N4CCCC4)CCO3)C2)c1. The van der Waals surface area contributed by atoms with Gasteiger partial charge >= 0.3 is 0 Å². The van der Waals surface area contributed by atoms with Crippen molar-refractivity contribution in [3.8, 4) is 0 Å². The largest absolute Gasteiger partial charge is 0.373 e. The molecule has 0 unspecified atom stereocenters. The predicted molar refractivity (Wildman–Crippen MR) is 93.9 cm³/mol. The van der Waals surface area contributed by atoms with Crippen molar-refractivity contribution in [2.75, 3.05) is 32.8 Å². The first-order valence-corrected chi connectivity index (χ1v) is 9.45. The lowest BCUT2D eigenvalue weighted by atomic mass is 9.89. The van der Waals surface area contributed by atoms with Gasteiger partial charge in [0, 0.05) is 37.3 Å². The fraction of sp³-hybridized carbons (Fsp3) is 0.684. The van der Waals surface area contributed by atoms with Crippen molar-refractivity contribution >= 4 is 11.6 Å². The Morgan fingerprint density at radius 1 is 1.22 bits per heavy atom. The number of benzene rings is 1. The van der Waals surface area contributed by atoms with Crippen molar-refractivity contribution in [2.24, 2.45) is 0 Å². The van der Waals surface area contributed by atoms with Gasteiger partial charge in [0.2, 0.25) is 0 Å². The first-order chi connectivity index (χ1) is 11.2. The van der Waals surface area contributed by atoms with Crippen LogP contribution in [0.25, 0.3) is 0 Å². The third kappa shape index (κ3) is 3.58. The van der Waals surface area contributed by atoms with Crippen molar-refractivity contribution in [1.29, 1.82) is 0 Å². The van der Waals surface area contributed by atoms with Crippen LogP contribution >= 0.6 is 11.6 Å². The molecule has 1 aromatic rings. The van der Waals surface area contributed by atoms with Crippen LogP contribution in [0.3, 0.4) is 0 Å². The van der Waals surface area contributed by atoms with Crippen LogP contribution in [0.5, 0.6) is 0 Å². The monoisotopic (exact) mass is 334 g/mol. The summed E-state index contributed by atoms with van der Waals surface area (Å²) in [6.07, 6.45) is 6.38. The first kappa shape index (κ1) is 15.9. The highest BCUT2D eigenvalue weighted by Gasteiger charge is 2.44. The van der Waals surface area contributed by atoms with Crippen molar-refractivity contribution in [2.45, 2.75) is 50.3 Å². The Kier molecular flexibility index (Phi) is 4.64. The van der Waals surface area contributed by atoms with Gasteiger partial charge in [-0.2, -0.15) is 0 Å². The number of hydrogen-bond acceptors (Lipinski definition) is 3. The highest BCUT2D eigenvalue weighted by Crippen LogP contribution is 2.37. The maximum atomic E-state index is 6.31. The van der Waals surface area contributed by atoms with Crippen LogP contribution in [-0.4, -0.2) is 54.2 Å². The van der Waals surface area contributed by atoms with Crippen LogP contribution in [-0.2, 0) is 11.3 Å². The minimum atomic E-state index is 0.101. The summed E-state index contributed by atoms with van der Waals surface area (Å²) in [6, 6.07) is 9.00. The molecule has 1 spiro atoms. The van der Waals surface area contributed by atoms with E-state index in [0.29, 0.717) is 0 Å². The number of rotatable bonds is 3. The number of nitrogens with zero attached hydrogens (tertiary/aromatic N) is 2. The van der Waals surface area contributed by atoms with Crippen LogP contribution < -0.4 is 0 Å². The lowest BCUT2D eigenvalue weighted by Gasteiger charge is -2.41. The number of likely N-dealkylation sites (tertiary alicyclic amines) is 2. The van der Waals surface area contributed by atoms with E-state index in [1.54, 1.807) is 0 Å². The lowest BCUT2D eigenvalue weighted by Crippen LogP contribution is -2.49. The number of ether oxygens (including phenoxy) is 1. The van der Waals surface area contributed by atoms with Crippen molar-refractivity contribution < 1.29 is 4.74 Å². The Labute approximate surface area is 144 Å². The third-order valence-electron chi connectivity index (χ3n) is 5.81. The molecule has 3 heterocycles. The molecular formula is C19H27ClN2O. The van der Waals surface area contributed by atoms with E-state index in [1.165, 1.54) is 50.8 Å². The molecule has 3 saturated heterocycles. The summed E-state index contributed by atoms with van der Waals surface area (Å²) < 4.78 is 6.31. The van der Waals surface area contributed by atoms with Crippen LogP contribution in [0.15, 0.2) is 24.3 Å². The zero-order valence-corrected chi connectivity index (χ0v) is 14.6. The minimum Gasteiger partial charge on any atom is -0.373 e. The summed E-state index contributed by atoms with van der Waals surface area (Å²) >= 11 is 6.12. The zero-order chi connectivity index (χ0) is 15.7. The molecule has 23 heavy (non-hydrogen) atoms. The molecule has 0 aromatic heterocycles.